The molecule has 0 radical (unpaired) electrons. The molecular weight excluding hydrogens is 475 g/mol. The first-order valence-electron chi connectivity index (χ1n) is 10.2. The molecule has 0 bridgehead atoms. The van der Waals surface area contributed by atoms with E-state index in [1.807, 2.05) is 6.07 Å². The summed E-state index contributed by atoms with van der Waals surface area (Å²) in [5, 5.41) is 3.55. The molecule has 0 aliphatic carbocycles. The fourth-order valence-electron chi connectivity index (χ4n) is 2.92. The molecule has 0 unspecified atom stereocenters. The molecule has 0 aliphatic rings. The Morgan fingerprint density at radius 3 is 2.24 bits per heavy atom. The first-order valence-corrected chi connectivity index (χ1v) is 11.0. The van der Waals surface area contributed by atoms with E-state index < -0.39 is 0 Å². The highest BCUT2D eigenvalue weighted by atomic mass is 79.9. The van der Waals surface area contributed by atoms with Gasteiger partial charge in [0.2, 0.25) is 0 Å². The van der Waals surface area contributed by atoms with Gasteiger partial charge in [-0.3, -0.25) is 0 Å². The van der Waals surface area contributed by atoms with Crippen LogP contribution >= 0.6 is 40.7 Å². The molecule has 4 nitrogen and oxygen atoms in total. The molecular formula is C22H39BrCl2N2O2. The van der Waals surface area contributed by atoms with Gasteiger partial charge in [-0.15, -0.1) is 24.8 Å². The van der Waals surface area contributed by atoms with Crippen molar-refractivity contribution in [1.82, 2.24) is 10.2 Å². The second-order valence-corrected chi connectivity index (χ2v) is 7.64. The number of nitrogens with zero attached hydrogens (tertiary/aromatic N) is 1. The van der Waals surface area contributed by atoms with Crippen LogP contribution in [0.15, 0.2) is 29.3 Å². The molecule has 7 heteroatoms. The molecule has 0 fully saturated rings. The third kappa shape index (κ3) is 12.7. The number of hydrogen-bond donors (Lipinski definition) is 1. The Morgan fingerprint density at radius 1 is 1.07 bits per heavy atom. The Hall–Kier alpha value is -0.460. The zero-order chi connectivity index (χ0) is 19.9. The van der Waals surface area contributed by atoms with Gasteiger partial charge in [-0.1, -0.05) is 39.3 Å². The van der Waals surface area contributed by atoms with E-state index in [0.29, 0.717) is 6.61 Å². The summed E-state index contributed by atoms with van der Waals surface area (Å²) in [6.45, 7) is 14.1. The number of unbranched alkanes of at least 4 members (excludes halogenated alkanes) is 2. The molecule has 29 heavy (non-hydrogen) atoms. The predicted octanol–water partition coefficient (Wildman–Crippen LogP) is 6.25. The molecule has 1 rings (SSSR count). The largest absolute Gasteiger partial charge is 0.493 e. The van der Waals surface area contributed by atoms with Crippen molar-refractivity contribution in [1.29, 1.82) is 0 Å². The lowest BCUT2D eigenvalue weighted by atomic mass is 10.2. The number of hydrogen-bond acceptors (Lipinski definition) is 4. The lowest BCUT2D eigenvalue weighted by molar-refractivity contribution is 0.261. The van der Waals surface area contributed by atoms with Crippen LogP contribution in [0.5, 0.6) is 11.5 Å². The lowest BCUT2D eigenvalue weighted by Crippen LogP contribution is -2.29. The van der Waals surface area contributed by atoms with E-state index in [0.717, 1.165) is 29.1 Å². The Bertz CT molecular complexity index is 540. The van der Waals surface area contributed by atoms with Gasteiger partial charge in [-0.2, -0.15) is 0 Å². The number of benzene rings is 1. The molecule has 1 aromatic rings. The van der Waals surface area contributed by atoms with Crippen molar-refractivity contribution in [2.24, 2.45) is 0 Å². The monoisotopic (exact) mass is 512 g/mol. The third-order valence-electron chi connectivity index (χ3n) is 4.45. The Balaban J connectivity index is 0. The standard InChI is InChI=1S/C22H37BrN2O2.2ClH/c1-5-8-12-25(13-9-6-2)14-10-11-24-18-19-16-20(23)22(27-15-7-3)21(17-19)26-4;;/h7,16-17,24H,3,5-6,8-15,18H2,1-2,4H3;2*1H. The highest BCUT2D eigenvalue weighted by Crippen LogP contribution is 2.36. The van der Waals surface area contributed by atoms with Crippen molar-refractivity contribution < 1.29 is 9.47 Å². The Kier molecular flexibility index (Phi) is 20.7. The van der Waals surface area contributed by atoms with Crippen LogP contribution in [0.25, 0.3) is 0 Å². The molecule has 0 aliphatic heterocycles. The summed E-state index contributed by atoms with van der Waals surface area (Å²) in [5.41, 5.74) is 1.18. The summed E-state index contributed by atoms with van der Waals surface area (Å²) in [6, 6.07) is 4.12. The number of halogens is 3. The van der Waals surface area contributed by atoms with Crippen LogP contribution in [0.1, 0.15) is 51.5 Å². The van der Waals surface area contributed by atoms with Crippen LogP contribution in [-0.4, -0.2) is 44.8 Å². The molecule has 0 atom stereocenters. The van der Waals surface area contributed by atoms with Crippen LogP contribution in [-0.2, 0) is 6.54 Å². The lowest BCUT2D eigenvalue weighted by Gasteiger charge is -2.22. The maximum atomic E-state index is 5.68. The van der Waals surface area contributed by atoms with Crippen molar-refractivity contribution in [3.8, 4) is 11.5 Å². The minimum atomic E-state index is 0. The van der Waals surface area contributed by atoms with Gasteiger partial charge in [0, 0.05) is 6.54 Å². The van der Waals surface area contributed by atoms with E-state index in [-0.39, 0.29) is 24.8 Å². The van der Waals surface area contributed by atoms with Crippen LogP contribution < -0.4 is 14.8 Å². The van der Waals surface area contributed by atoms with Gasteiger partial charge in [0.05, 0.1) is 11.6 Å². The molecule has 1 N–H and O–H groups in total. The van der Waals surface area contributed by atoms with Crippen molar-refractivity contribution in [3.05, 3.63) is 34.8 Å². The fourth-order valence-corrected chi connectivity index (χ4v) is 3.52. The Labute approximate surface area is 198 Å². The molecule has 0 saturated carbocycles. The maximum absolute atomic E-state index is 5.68. The van der Waals surface area contributed by atoms with E-state index in [4.69, 9.17) is 9.47 Å². The molecule has 0 spiro atoms. The van der Waals surface area contributed by atoms with Crippen molar-refractivity contribution in [2.45, 2.75) is 52.5 Å². The van der Waals surface area contributed by atoms with Gasteiger partial charge in [0.25, 0.3) is 0 Å². The molecule has 0 saturated heterocycles. The average molecular weight is 514 g/mol. The van der Waals surface area contributed by atoms with Crippen LogP contribution in [0.4, 0.5) is 0 Å². The van der Waals surface area contributed by atoms with Crippen LogP contribution in [0.2, 0.25) is 0 Å². The van der Waals surface area contributed by atoms with Gasteiger partial charge < -0.3 is 19.7 Å². The third-order valence-corrected chi connectivity index (χ3v) is 5.04. The van der Waals surface area contributed by atoms with Crippen molar-refractivity contribution in [3.63, 3.8) is 0 Å². The SMILES string of the molecule is C=CCOc1c(Br)cc(CNCCCN(CCCC)CCCC)cc1OC.Cl.Cl. The van der Waals surface area contributed by atoms with E-state index in [1.54, 1.807) is 13.2 Å². The summed E-state index contributed by atoms with van der Waals surface area (Å²) < 4.78 is 12.1. The normalized spacial score (nSPS) is 10.2. The van der Waals surface area contributed by atoms with Gasteiger partial charge in [0.1, 0.15) is 6.61 Å². The smallest absolute Gasteiger partial charge is 0.175 e. The number of rotatable bonds is 16. The van der Waals surface area contributed by atoms with E-state index in [2.05, 4.69) is 52.6 Å². The van der Waals surface area contributed by atoms with Crippen LogP contribution in [0.3, 0.4) is 0 Å². The number of nitrogens with one attached hydrogen (secondary N) is 1. The first-order chi connectivity index (χ1) is 13.2. The highest BCUT2D eigenvalue weighted by Gasteiger charge is 2.11. The zero-order valence-electron chi connectivity index (χ0n) is 18.2. The number of methoxy groups -OCH3 is 1. The summed E-state index contributed by atoms with van der Waals surface area (Å²) in [5.74, 6) is 1.47. The fraction of sp³-hybridized carbons (Fsp3) is 0.636. The minimum Gasteiger partial charge on any atom is -0.493 e. The zero-order valence-corrected chi connectivity index (χ0v) is 21.4. The quantitative estimate of drug-likeness (QED) is 0.209. The van der Waals surface area contributed by atoms with E-state index >= 15 is 0 Å². The number of ether oxygens (including phenoxy) is 2. The van der Waals surface area contributed by atoms with Crippen LogP contribution in [0, 0.1) is 0 Å². The minimum absolute atomic E-state index is 0. The van der Waals surface area contributed by atoms with Crippen molar-refractivity contribution >= 4 is 40.7 Å². The van der Waals surface area contributed by atoms with Gasteiger partial charge in [-0.25, -0.2) is 0 Å². The molecule has 0 amide bonds. The van der Waals surface area contributed by atoms with E-state index in [1.165, 1.54) is 57.3 Å². The summed E-state index contributed by atoms with van der Waals surface area (Å²) in [7, 11) is 1.67. The van der Waals surface area contributed by atoms with Gasteiger partial charge >= 0.3 is 0 Å². The summed E-state index contributed by atoms with van der Waals surface area (Å²) >= 11 is 3.59. The molecule has 1 aromatic carbocycles. The highest BCUT2D eigenvalue weighted by molar-refractivity contribution is 9.10. The average Bonchev–Trinajstić information content (AvgIpc) is 2.67. The maximum Gasteiger partial charge on any atom is 0.175 e. The molecule has 170 valence electrons. The summed E-state index contributed by atoms with van der Waals surface area (Å²) in [6.07, 6.45) is 8.03. The van der Waals surface area contributed by atoms with Crippen molar-refractivity contribution in [2.75, 3.05) is 39.9 Å². The summed E-state index contributed by atoms with van der Waals surface area (Å²) in [4.78, 5) is 2.61. The predicted molar refractivity (Wildman–Crippen MR) is 133 cm³/mol. The molecule has 0 aromatic heterocycles. The van der Waals surface area contributed by atoms with E-state index in [9.17, 15) is 0 Å². The first kappa shape index (κ1) is 30.7. The van der Waals surface area contributed by atoms with Gasteiger partial charge in [-0.05, 0) is 79.1 Å². The Morgan fingerprint density at radius 2 is 1.69 bits per heavy atom. The topological polar surface area (TPSA) is 33.7 Å². The second kappa shape index (κ2) is 19.5. The van der Waals surface area contributed by atoms with Gasteiger partial charge in [0.15, 0.2) is 11.5 Å². The molecule has 0 heterocycles. The second-order valence-electron chi connectivity index (χ2n) is 6.79.